The van der Waals surface area contributed by atoms with Gasteiger partial charge in [-0.05, 0) is 44.3 Å². The van der Waals surface area contributed by atoms with Crippen LogP contribution in [0.3, 0.4) is 0 Å². The average molecular weight is 284 g/mol. The quantitative estimate of drug-likeness (QED) is 0.795. The van der Waals surface area contributed by atoms with Gasteiger partial charge in [0.05, 0.1) is 0 Å². The summed E-state index contributed by atoms with van der Waals surface area (Å²) in [5, 5.41) is 9.31. The van der Waals surface area contributed by atoms with E-state index >= 15 is 0 Å². The molecule has 1 amide bonds. The molecular weight excluding hydrogens is 256 g/mol. The van der Waals surface area contributed by atoms with Crippen molar-refractivity contribution in [3.63, 3.8) is 0 Å². The summed E-state index contributed by atoms with van der Waals surface area (Å²) >= 11 is 0. The molecule has 0 aromatic rings. The van der Waals surface area contributed by atoms with Crippen molar-refractivity contribution in [2.45, 2.75) is 33.6 Å². The van der Waals surface area contributed by atoms with Gasteiger partial charge in [0.15, 0.2) is 0 Å². The van der Waals surface area contributed by atoms with E-state index in [1.807, 2.05) is 0 Å². The molecule has 1 unspecified atom stereocenters. The van der Waals surface area contributed by atoms with Crippen LogP contribution in [0.2, 0.25) is 0 Å². The fraction of sp³-hybridized carbons (Fsp3) is 0.867. The van der Waals surface area contributed by atoms with Gasteiger partial charge in [-0.15, -0.1) is 0 Å². The Morgan fingerprint density at radius 3 is 2.20 bits per heavy atom. The highest BCUT2D eigenvalue weighted by Gasteiger charge is 2.39. The molecule has 1 saturated heterocycles. The van der Waals surface area contributed by atoms with Crippen molar-refractivity contribution >= 4 is 11.9 Å². The minimum absolute atomic E-state index is 0.274. The fourth-order valence-electron chi connectivity index (χ4n) is 2.79. The molecule has 0 bridgehead atoms. The molecule has 0 aromatic heterocycles. The van der Waals surface area contributed by atoms with Crippen molar-refractivity contribution in [2.75, 3.05) is 33.7 Å². The van der Waals surface area contributed by atoms with Gasteiger partial charge in [-0.3, -0.25) is 9.59 Å². The van der Waals surface area contributed by atoms with Gasteiger partial charge in [-0.2, -0.15) is 0 Å². The van der Waals surface area contributed by atoms with Gasteiger partial charge in [0, 0.05) is 13.6 Å². The van der Waals surface area contributed by atoms with Crippen LogP contribution in [0.1, 0.15) is 33.6 Å². The summed E-state index contributed by atoms with van der Waals surface area (Å²) in [7, 11) is 3.83. The zero-order valence-corrected chi connectivity index (χ0v) is 13.3. The number of piperidine rings is 1. The Kier molecular flexibility index (Phi) is 5.57. The first-order valence-corrected chi connectivity index (χ1v) is 7.29. The Morgan fingerprint density at radius 1 is 1.30 bits per heavy atom. The number of carbonyl (C=O) groups is 2. The third-order valence-corrected chi connectivity index (χ3v) is 4.11. The number of carbonyl (C=O) groups excluding carboxylic acids is 1. The van der Waals surface area contributed by atoms with Crippen molar-refractivity contribution < 1.29 is 14.7 Å². The molecule has 1 N–H and O–H groups in total. The van der Waals surface area contributed by atoms with Crippen LogP contribution in [-0.4, -0.2) is 60.5 Å². The smallest absolute Gasteiger partial charge is 0.316 e. The monoisotopic (exact) mass is 284 g/mol. The number of carboxylic acids is 1. The molecular formula is C15H28N2O3. The maximum Gasteiger partial charge on any atom is 0.316 e. The first-order chi connectivity index (χ1) is 9.12. The number of nitrogens with zero attached hydrogens (tertiary/aromatic N) is 2. The van der Waals surface area contributed by atoms with Crippen LogP contribution in [0, 0.1) is 17.3 Å². The maximum absolute atomic E-state index is 12.4. The zero-order valence-electron chi connectivity index (χ0n) is 13.3. The molecule has 0 aromatic carbocycles. The number of aliphatic carboxylic acids is 1. The normalized spacial score (nSPS) is 19.6. The molecule has 0 aliphatic carbocycles. The Morgan fingerprint density at radius 2 is 1.80 bits per heavy atom. The number of hydrogen-bond acceptors (Lipinski definition) is 3. The van der Waals surface area contributed by atoms with E-state index in [0.29, 0.717) is 12.5 Å². The lowest BCUT2D eigenvalue weighted by Crippen LogP contribution is -2.46. The average Bonchev–Trinajstić information content (AvgIpc) is 2.29. The first-order valence-electron chi connectivity index (χ1n) is 7.29. The lowest BCUT2D eigenvalue weighted by Gasteiger charge is -2.34. The standard InChI is InChI=1S/C15H28N2O3/c1-15(2,3)12(14(19)20)13(18)17(5)10-11-6-8-16(4)9-7-11/h11-12H,6-10H2,1-5H3,(H,19,20). The van der Waals surface area contributed by atoms with Gasteiger partial charge in [-0.1, -0.05) is 20.8 Å². The highest BCUT2D eigenvalue weighted by Crippen LogP contribution is 2.28. The van der Waals surface area contributed by atoms with E-state index in [2.05, 4.69) is 11.9 Å². The van der Waals surface area contributed by atoms with Gasteiger partial charge >= 0.3 is 5.97 Å². The number of rotatable bonds is 4. The van der Waals surface area contributed by atoms with Gasteiger partial charge in [0.2, 0.25) is 5.91 Å². The van der Waals surface area contributed by atoms with E-state index in [-0.39, 0.29) is 5.91 Å². The fourth-order valence-corrected chi connectivity index (χ4v) is 2.79. The molecule has 1 rings (SSSR count). The second kappa shape index (κ2) is 6.57. The molecule has 1 aliphatic heterocycles. The number of amides is 1. The molecule has 1 atom stereocenters. The summed E-state index contributed by atoms with van der Waals surface area (Å²) in [6, 6.07) is 0. The van der Waals surface area contributed by atoms with E-state index in [4.69, 9.17) is 0 Å². The molecule has 1 fully saturated rings. The molecule has 1 aliphatic rings. The third kappa shape index (κ3) is 4.47. The summed E-state index contributed by atoms with van der Waals surface area (Å²) in [5.41, 5.74) is -0.566. The van der Waals surface area contributed by atoms with Crippen molar-refractivity contribution in [3.8, 4) is 0 Å². The minimum atomic E-state index is -1.03. The lowest BCUT2D eigenvalue weighted by molar-refractivity contribution is -0.155. The van der Waals surface area contributed by atoms with Gasteiger partial charge < -0.3 is 14.9 Å². The number of carboxylic acid groups (broad SMARTS) is 1. The summed E-state index contributed by atoms with van der Waals surface area (Å²) in [6.45, 7) is 8.16. The van der Waals surface area contributed by atoms with Crippen molar-refractivity contribution in [1.29, 1.82) is 0 Å². The second-order valence-electron chi connectivity index (χ2n) is 7.10. The van der Waals surface area contributed by atoms with Crippen LogP contribution in [-0.2, 0) is 9.59 Å². The Hall–Kier alpha value is -1.10. The van der Waals surface area contributed by atoms with E-state index in [1.54, 1.807) is 32.7 Å². The second-order valence-corrected chi connectivity index (χ2v) is 7.10. The SMILES string of the molecule is CN1CCC(CN(C)C(=O)C(C(=O)O)C(C)(C)C)CC1. The van der Waals surface area contributed by atoms with Crippen LogP contribution >= 0.6 is 0 Å². The van der Waals surface area contributed by atoms with Crippen LogP contribution in [0.5, 0.6) is 0 Å². The maximum atomic E-state index is 12.4. The highest BCUT2D eigenvalue weighted by molar-refractivity contribution is 5.97. The van der Waals surface area contributed by atoms with Crippen LogP contribution in [0.4, 0.5) is 0 Å². The van der Waals surface area contributed by atoms with Crippen molar-refractivity contribution in [3.05, 3.63) is 0 Å². The van der Waals surface area contributed by atoms with Crippen LogP contribution in [0.25, 0.3) is 0 Å². The molecule has 20 heavy (non-hydrogen) atoms. The predicted molar refractivity (Wildman–Crippen MR) is 78.4 cm³/mol. The largest absolute Gasteiger partial charge is 0.481 e. The third-order valence-electron chi connectivity index (χ3n) is 4.11. The minimum Gasteiger partial charge on any atom is -0.481 e. The lowest BCUT2D eigenvalue weighted by atomic mass is 9.79. The Labute approximate surface area is 121 Å². The molecule has 5 nitrogen and oxygen atoms in total. The van der Waals surface area contributed by atoms with Crippen LogP contribution < -0.4 is 0 Å². The topological polar surface area (TPSA) is 60.9 Å². The highest BCUT2D eigenvalue weighted by atomic mass is 16.4. The van der Waals surface area contributed by atoms with E-state index in [0.717, 1.165) is 25.9 Å². The van der Waals surface area contributed by atoms with Gasteiger partial charge in [-0.25, -0.2) is 0 Å². The summed E-state index contributed by atoms with van der Waals surface area (Å²) in [6.07, 6.45) is 2.14. The number of hydrogen-bond donors (Lipinski definition) is 1. The molecule has 0 radical (unpaired) electrons. The van der Waals surface area contributed by atoms with Crippen molar-refractivity contribution in [2.24, 2.45) is 17.3 Å². The summed E-state index contributed by atoms with van der Waals surface area (Å²) < 4.78 is 0. The molecule has 1 heterocycles. The predicted octanol–water partition coefficient (Wildman–Crippen LogP) is 1.53. The van der Waals surface area contributed by atoms with E-state index in [1.165, 1.54) is 0 Å². The molecule has 116 valence electrons. The van der Waals surface area contributed by atoms with E-state index in [9.17, 15) is 14.7 Å². The Balaban J connectivity index is 2.63. The van der Waals surface area contributed by atoms with Crippen molar-refractivity contribution in [1.82, 2.24) is 9.80 Å². The summed E-state index contributed by atoms with van der Waals surface area (Å²) in [5.74, 6) is -1.80. The number of likely N-dealkylation sites (tertiary alicyclic amines) is 1. The zero-order chi connectivity index (χ0) is 15.5. The summed E-state index contributed by atoms with van der Waals surface area (Å²) in [4.78, 5) is 27.7. The van der Waals surface area contributed by atoms with E-state index < -0.39 is 17.3 Å². The Bertz CT molecular complexity index is 355. The molecule has 5 heteroatoms. The first kappa shape index (κ1) is 17.0. The van der Waals surface area contributed by atoms with Crippen LogP contribution in [0.15, 0.2) is 0 Å². The molecule has 0 saturated carbocycles. The molecule has 0 spiro atoms. The van der Waals surface area contributed by atoms with Gasteiger partial charge in [0.1, 0.15) is 5.92 Å². The van der Waals surface area contributed by atoms with Gasteiger partial charge in [0.25, 0.3) is 0 Å².